The zero-order chi connectivity index (χ0) is 17.9. The van der Waals surface area contributed by atoms with E-state index in [-0.39, 0.29) is 17.2 Å². The number of amides is 2. The van der Waals surface area contributed by atoms with Crippen LogP contribution in [-0.2, 0) is 9.59 Å². The minimum absolute atomic E-state index is 0.0409. The Morgan fingerprint density at radius 3 is 2.54 bits per heavy atom. The van der Waals surface area contributed by atoms with Crippen LogP contribution in [0.15, 0.2) is 34.8 Å². The molecule has 1 aliphatic heterocycles. The minimum atomic E-state index is -0.556. The van der Waals surface area contributed by atoms with Crippen LogP contribution in [0.4, 0.5) is 0 Å². The topological polar surface area (TPSA) is 67.9 Å². The predicted molar refractivity (Wildman–Crippen MR) is 97.9 cm³/mol. The maximum absolute atomic E-state index is 12.5. The lowest BCUT2D eigenvalue weighted by Gasteiger charge is -2.27. The second kappa shape index (κ2) is 7.59. The van der Waals surface area contributed by atoms with Crippen molar-refractivity contribution in [2.45, 2.75) is 0 Å². The Balaban J connectivity index is 2.51. The molecule has 0 aliphatic carbocycles. The Labute approximate surface area is 153 Å². The van der Waals surface area contributed by atoms with Gasteiger partial charge in [0.15, 0.2) is 5.11 Å². The van der Waals surface area contributed by atoms with Gasteiger partial charge in [0.2, 0.25) is 0 Å². The van der Waals surface area contributed by atoms with Crippen molar-refractivity contribution in [1.29, 1.82) is 0 Å². The molecule has 1 aliphatic rings. The van der Waals surface area contributed by atoms with Crippen LogP contribution in [0.1, 0.15) is 5.56 Å². The molecule has 8 heteroatoms. The summed E-state index contributed by atoms with van der Waals surface area (Å²) >= 11 is 8.39. The Kier molecular flexibility index (Phi) is 5.74. The van der Waals surface area contributed by atoms with Crippen LogP contribution in [0.25, 0.3) is 6.08 Å². The van der Waals surface area contributed by atoms with Crippen LogP contribution in [0.2, 0.25) is 0 Å². The molecule has 126 valence electrons. The number of carbonyl (C=O) groups is 2. The molecule has 6 nitrogen and oxygen atoms in total. The van der Waals surface area contributed by atoms with Gasteiger partial charge in [-0.3, -0.25) is 19.8 Å². The zero-order valence-corrected chi connectivity index (χ0v) is 15.5. The van der Waals surface area contributed by atoms with Crippen molar-refractivity contribution < 1.29 is 19.1 Å². The molecule has 1 heterocycles. The van der Waals surface area contributed by atoms with Crippen LogP contribution in [0.3, 0.4) is 0 Å². The molecule has 0 saturated carbocycles. The van der Waals surface area contributed by atoms with E-state index >= 15 is 0 Å². The van der Waals surface area contributed by atoms with Gasteiger partial charge in [0.25, 0.3) is 11.8 Å². The molecule has 0 aromatic heterocycles. The summed E-state index contributed by atoms with van der Waals surface area (Å²) in [4.78, 5) is 26.0. The zero-order valence-electron chi connectivity index (χ0n) is 13.1. The van der Waals surface area contributed by atoms with E-state index in [0.717, 1.165) is 0 Å². The molecular weight excluding hydrogens is 396 g/mol. The second-order valence-corrected chi connectivity index (χ2v) is 5.99. The second-order valence-electron chi connectivity index (χ2n) is 4.75. The van der Waals surface area contributed by atoms with Crippen molar-refractivity contribution in [2.24, 2.45) is 0 Å². The van der Waals surface area contributed by atoms with Crippen molar-refractivity contribution in [2.75, 3.05) is 20.8 Å². The average Bonchev–Trinajstić information content (AvgIpc) is 2.55. The van der Waals surface area contributed by atoms with E-state index in [2.05, 4.69) is 27.8 Å². The van der Waals surface area contributed by atoms with Gasteiger partial charge in [-0.1, -0.05) is 6.08 Å². The first-order chi connectivity index (χ1) is 11.4. The summed E-state index contributed by atoms with van der Waals surface area (Å²) in [6, 6.07) is 3.36. The van der Waals surface area contributed by atoms with Crippen molar-refractivity contribution >= 4 is 51.2 Å². The molecule has 1 aromatic carbocycles. The van der Waals surface area contributed by atoms with Crippen LogP contribution >= 0.6 is 28.1 Å². The molecule has 0 spiro atoms. The fraction of sp³-hybridized carbons (Fsp3) is 0.188. The molecule has 1 saturated heterocycles. The van der Waals surface area contributed by atoms with Crippen molar-refractivity contribution in [3.05, 3.63) is 40.4 Å². The third-order valence-corrected chi connectivity index (χ3v) is 4.24. The van der Waals surface area contributed by atoms with Crippen LogP contribution < -0.4 is 14.8 Å². The number of nitrogens with zero attached hydrogens (tertiary/aromatic N) is 1. The number of methoxy groups -OCH3 is 2. The summed E-state index contributed by atoms with van der Waals surface area (Å²) in [6.07, 6.45) is 2.99. The Morgan fingerprint density at radius 2 is 1.96 bits per heavy atom. The van der Waals surface area contributed by atoms with E-state index in [1.165, 1.54) is 31.3 Å². The van der Waals surface area contributed by atoms with Gasteiger partial charge in [-0.15, -0.1) is 6.58 Å². The molecular formula is C16H15BrN2O4S. The van der Waals surface area contributed by atoms with E-state index in [4.69, 9.17) is 21.7 Å². The van der Waals surface area contributed by atoms with Crippen molar-refractivity contribution in [1.82, 2.24) is 10.2 Å². The summed E-state index contributed by atoms with van der Waals surface area (Å²) in [5.41, 5.74) is 0.510. The first-order valence-corrected chi connectivity index (χ1v) is 8.04. The predicted octanol–water partition coefficient (Wildman–Crippen LogP) is 2.28. The number of halogens is 1. The van der Waals surface area contributed by atoms with Gasteiger partial charge in [0.1, 0.15) is 17.1 Å². The van der Waals surface area contributed by atoms with E-state index in [0.29, 0.717) is 21.5 Å². The third-order valence-electron chi connectivity index (χ3n) is 3.30. The molecule has 1 aromatic rings. The van der Waals surface area contributed by atoms with Crippen molar-refractivity contribution in [3.8, 4) is 11.5 Å². The van der Waals surface area contributed by atoms with Gasteiger partial charge in [-0.2, -0.15) is 0 Å². The summed E-state index contributed by atoms with van der Waals surface area (Å²) in [5, 5.41) is 2.55. The maximum Gasteiger partial charge on any atom is 0.265 e. The monoisotopic (exact) mass is 410 g/mol. The van der Waals surface area contributed by atoms with Crippen molar-refractivity contribution in [3.63, 3.8) is 0 Å². The van der Waals surface area contributed by atoms with Crippen LogP contribution in [-0.4, -0.2) is 42.6 Å². The van der Waals surface area contributed by atoms with Gasteiger partial charge in [0, 0.05) is 18.2 Å². The molecule has 1 fully saturated rings. The van der Waals surface area contributed by atoms with E-state index in [1.54, 1.807) is 12.1 Å². The average molecular weight is 411 g/mol. The summed E-state index contributed by atoms with van der Waals surface area (Å²) in [7, 11) is 3.02. The quantitative estimate of drug-likeness (QED) is 0.349. The first-order valence-electron chi connectivity index (χ1n) is 6.84. The molecule has 0 atom stereocenters. The Bertz CT molecular complexity index is 761. The number of thiocarbonyl (C=S) groups is 1. The standard InChI is InChI=1S/C16H15BrN2O4S/c1-4-5-19-15(21)10(14(20)18-16(19)24)6-9-7-11(17)13(23-3)8-12(9)22-2/h4,6-8H,1,5H2,2-3H3,(H,18,20,24)/b10-6+. The van der Waals surface area contributed by atoms with Gasteiger partial charge in [-0.05, 0) is 40.3 Å². The van der Waals surface area contributed by atoms with E-state index in [1.807, 2.05) is 0 Å². The molecule has 24 heavy (non-hydrogen) atoms. The summed E-state index contributed by atoms with van der Waals surface area (Å²) in [6.45, 7) is 3.79. The van der Waals surface area contributed by atoms with Crippen LogP contribution in [0.5, 0.6) is 11.5 Å². The highest BCUT2D eigenvalue weighted by Gasteiger charge is 2.32. The molecule has 0 bridgehead atoms. The number of hydrogen-bond acceptors (Lipinski definition) is 5. The molecule has 2 amide bonds. The Morgan fingerprint density at radius 1 is 1.29 bits per heavy atom. The summed E-state index contributed by atoms with van der Waals surface area (Å²) in [5.74, 6) is -0.00796. The first kappa shape index (κ1) is 18.2. The fourth-order valence-electron chi connectivity index (χ4n) is 2.14. The molecule has 0 radical (unpaired) electrons. The normalized spacial score (nSPS) is 16.2. The highest BCUT2D eigenvalue weighted by Crippen LogP contribution is 2.34. The number of rotatable bonds is 5. The van der Waals surface area contributed by atoms with E-state index < -0.39 is 11.8 Å². The summed E-state index contributed by atoms with van der Waals surface area (Å²) < 4.78 is 11.2. The minimum Gasteiger partial charge on any atom is -0.496 e. The number of ether oxygens (including phenoxy) is 2. The highest BCUT2D eigenvalue weighted by molar-refractivity contribution is 9.10. The highest BCUT2D eigenvalue weighted by atomic mass is 79.9. The molecule has 0 unspecified atom stereocenters. The lowest BCUT2D eigenvalue weighted by molar-refractivity contribution is -0.128. The van der Waals surface area contributed by atoms with Gasteiger partial charge >= 0.3 is 0 Å². The molecule has 2 rings (SSSR count). The largest absolute Gasteiger partial charge is 0.496 e. The smallest absolute Gasteiger partial charge is 0.265 e. The van der Waals surface area contributed by atoms with Crippen LogP contribution in [0, 0.1) is 0 Å². The molecule has 1 N–H and O–H groups in total. The third kappa shape index (κ3) is 3.49. The van der Waals surface area contributed by atoms with Gasteiger partial charge in [-0.25, -0.2) is 0 Å². The Hall–Kier alpha value is -2.19. The SMILES string of the molecule is C=CCN1C(=O)/C(=C/c2cc(Br)c(OC)cc2OC)C(=O)NC1=S. The number of hydrogen-bond donors (Lipinski definition) is 1. The maximum atomic E-state index is 12.5. The lowest BCUT2D eigenvalue weighted by Crippen LogP contribution is -2.53. The lowest BCUT2D eigenvalue weighted by atomic mass is 10.1. The number of nitrogens with one attached hydrogen (secondary N) is 1. The number of benzene rings is 1. The van der Waals surface area contributed by atoms with Gasteiger partial charge in [0.05, 0.1) is 18.7 Å². The number of carbonyl (C=O) groups excluding carboxylic acids is 2. The van der Waals surface area contributed by atoms with E-state index in [9.17, 15) is 9.59 Å². The van der Waals surface area contributed by atoms with Gasteiger partial charge < -0.3 is 9.47 Å². The fourth-order valence-corrected chi connectivity index (χ4v) is 2.91.